The van der Waals surface area contributed by atoms with Crippen LogP contribution in [0.1, 0.15) is 28.8 Å². The number of amides is 1. The summed E-state index contributed by atoms with van der Waals surface area (Å²) in [6, 6.07) is 0. The van der Waals surface area contributed by atoms with Crippen LogP contribution in [0, 0.1) is 11.6 Å². The number of carbonyl (C=O) groups is 1. The minimum absolute atomic E-state index is 0.131. The summed E-state index contributed by atoms with van der Waals surface area (Å²) in [5.74, 6) is -2.81. The molecule has 0 radical (unpaired) electrons. The smallest absolute Gasteiger partial charge is 0.254 e. The molecule has 0 aromatic heterocycles. The van der Waals surface area contributed by atoms with E-state index in [0.29, 0.717) is 6.54 Å². The molecule has 1 aliphatic heterocycles. The molecule has 1 fully saturated rings. The molecule has 6 heteroatoms. The van der Waals surface area contributed by atoms with Crippen molar-refractivity contribution >= 4 is 5.91 Å². The molecule has 0 saturated heterocycles. The summed E-state index contributed by atoms with van der Waals surface area (Å²) in [6.07, 6.45) is 1.46. The molecule has 19 heavy (non-hydrogen) atoms. The third kappa shape index (κ3) is 1.45. The summed E-state index contributed by atoms with van der Waals surface area (Å²) in [5, 5.41) is 2.61. The predicted octanol–water partition coefficient (Wildman–Crippen LogP) is 1.76. The maximum Gasteiger partial charge on any atom is 0.254 e. The van der Waals surface area contributed by atoms with Crippen molar-refractivity contribution in [1.29, 1.82) is 0 Å². The highest BCUT2D eigenvalue weighted by Crippen LogP contribution is 2.54. The molecular weight excluding hydrogens is 256 g/mol. The van der Waals surface area contributed by atoms with E-state index in [1.54, 1.807) is 0 Å². The van der Waals surface area contributed by atoms with E-state index in [9.17, 15) is 13.6 Å². The van der Waals surface area contributed by atoms with Gasteiger partial charge < -0.3 is 14.8 Å². The third-order valence-electron chi connectivity index (χ3n) is 3.90. The van der Waals surface area contributed by atoms with Gasteiger partial charge in [-0.2, -0.15) is 0 Å². The summed E-state index contributed by atoms with van der Waals surface area (Å²) in [4.78, 5) is 11.8. The van der Waals surface area contributed by atoms with Crippen LogP contribution in [0.3, 0.4) is 0 Å². The second-order valence-electron chi connectivity index (χ2n) is 4.91. The lowest BCUT2D eigenvalue weighted by molar-refractivity contribution is 0.0929. The summed E-state index contributed by atoms with van der Waals surface area (Å²) in [7, 11) is 2.45. The second kappa shape index (κ2) is 3.82. The summed E-state index contributed by atoms with van der Waals surface area (Å²) < 4.78 is 38.6. The quantitative estimate of drug-likeness (QED) is 0.890. The zero-order chi connectivity index (χ0) is 13.8. The number of benzene rings is 1. The van der Waals surface area contributed by atoms with E-state index < -0.39 is 23.0 Å². The van der Waals surface area contributed by atoms with Gasteiger partial charge in [0.15, 0.2) is 17.4 Å². The Morgan fingerprint density at radius 3 is 2.21 bits per heavy atom. The average molecular weight is 269 g/mol. The molecule has 4 nitrogen and oxygen atoms in total. The van der Waals surface area contributed by atoms with Crippen molar-refractivity contribution in [3.05, 3.63) is 22.8 Å². The first kappa shape index (κ1) is 12.2. The van der Waals surface area contributed by atoms with Crippen LogP contribution in [0.15, 0.2) is 0 Å². The first-order valence-electron chi connectivity index (χ1n) is 5.97. The Balaban J connectivity index is 2.37. The Morgan fingerprint density at radius 1 is 1.11 bits per heavy atom. The summed E-state index contributed by atoms with van der Waals surface area (Å²) in [5.41, 5.74) is -0.599. The molecule has 1 aromatic carbocycles. The normalized spacial score (nSPS) is 18.8. The van der Waals surface area contributed by atoms with Crippen LogP contribution < -0.4 is 14.8 Å². The van der Waals surface area contributed by atoms with Crippen molar-refractivity contribution in [2.45, 2.75) is 18.3 Å². The topological polar surface area (TPSA) is 47.6 Å². The number of halogens is 2. The number of carbonyl (C=O) groups excluding carboxylic acids is 1. The van der Waals surface area contributed by atoms with Gasteiger partial charge in [-0.05, 0) is 12.8 Å². The number of rotatable bonds is 2. The maximum absolute atomic E-state index is 14.5. The molecule has 0 atom stereocenters. The Morgan fingerprint density at radius 2 is 1.68 bits per heavy atom. The fraction of sp³-hybridized carbons (Fsp3) is 0.462. The number of methoxy groups -OCH3 is 2. The Labute approximate surface area is 108 Å². The van der Waals surface area contributed by atoms with E-state index >= 15 is 0 Å². The molecule has 102 valence electrons. The van der Waals surface area contributed by atoms with Gasteiger partial charge in [0, 0.05) is 17.5 Å². The van der Waals surface area contributed by atoms with Gasteiger partial charge in [0.1, 0.15) is 0 Å². The van der Waals surface area contributed by atoms with Crippen LogP contribution in [0.2, 0.25) is 0 Å². The fourth-order valence-electron chi connectivity index (χ4n) is 2.73. The molecule has 1 amide bonds. The predicted molar refractivity (Wildman–Crippen MR) is 62.7 cm³/mol. The first-order chi connectivity index (χ1) is 9.05. The number of fused-ring (bicyclic) bond motifs is 2. The average Bonchev–Trinajstić information content (AvgIpc) is 3.17. The largest absolute Gasteiger partial charge is 0.490 e. The van der Waals surface area contributed by atoms with Crippen LogP contribution in [-0.4, -0.2) is 26.7 Å². The first-order valence-corrected chi connectivity index (χ1v) is 5.97. The van der Waals surface area contributed by atoms with Gasteiger partial charge in [-0.3, -0.25) is 4.79 Å². The van der Waals surface area contributed by atoms with E-state index in [1.165, 1.54) is 14.2 Å². The molecule has 1 N–H and O–H groups in total. The van der Waals surface area contributed by atoms with Crippen LogP contribution in [0.4, 0.5) is 8.78 Å². The van der Waals surface area contributed by atoms with Crippen LogP contribution in [-0.2, 0) is 5.41 Å². The Hall–Kier alpha value is -1.85. The van der Waals surface area contributed by atoms with Gasteiger partial charge in [0.05, 0.1) is 19.8 Å². The van der Waals surface area contributed by atoms with Crippen molar-refractivity contribution < 1.29 is 23.0 Å². The highest BCUT2D eigenvalue weighted by atomic mass is 19.1. The molecule has 1 aromatic rings. The number of hydrogen-bond donors (Lipinski definition) is 1. The van der Waals surface area contributed by atoms with Gasteiger partial charge in [0.25, 0.3) is 5.91 Å². The molecule has 1 saturated carbocycles. The second-order valence-corrected chi connectivity index (χ2v) is 4.91. The van der Waals surface area contributed by atoms with Gasteiger partial charge in [-0.15, -0.1) is 0 Å². The molecule has 2 aliphatic rings. The zero-order valence-corrected chi connectivity index (χ0v) is 10.6. The fourth-order valence-corrected chi connectivity index (χ4v) is 2.73. The van der Waals surface area contributed by atoms with Crippen LogP contribution >= 0.6 is 0 Å². The van der Waals surface area contributed by atoms with E-state index in [0.717, 1.165) is 12.8 Å². The number of nitrogens with one attached hydrogen (secondary N) is 1. The van der Waals surface area contributed by atoms with Crippen molar-refractivity contribution in [3.8, 4) is 11.5 Å². The maximum atomic E-state index is 14.5. The minimum atomic E-state index is -0.862. The monoisotopic (exact) mass is 269 g/mol. The molecule has 1 spiro atoms. The lowest BCUT2D eigenvalue weighted by Crippen LogP contribution is -2.41. The highest BCUT2D eigenvalue weighted by molar-refractivity contribution is 5.99. The molecule has 1 aliphatic carbocycles. The van der Waals surface area contributed by atoms with Crippen molar-refractivity contribution in [3.63, 3.8) is 0 Å². The molecule has 1 heterocycles. The Kier molecular flexibility index (Phi) is 2.45. The minimum Gasteiger partial charge on any atom is -0.490 e. The lowest BCUT2D eigenvalue weighted by atomic mass is 9.86. The number of ether oxygens (including phenoxy) is 2. The van der Waals surface area contributed by atoms with E-state index in [4.69, 9.17) is 9.47 Å². The van der Waals surface area contributed by atoms with Gasteiger partial charge >= 0.3 is 0 Å². The number of hydrogen-bond acceptors (Lipinski definition) is 3. The van der Waals surface area contributed by atoms with Crippen LogP contribution in [0.25, 0.3) is 0 Å². The van der Waals surface area contributed by atoms with Gasteiger partial charge in [-0.25, -0.2) is 8.78 Å². The van der Waals surface area contributed by atoms with Crippen molar-refractivity contribution in [2.24, 2.45) is 0 Å². The summed E-state index contributed by atoms with van der Waals surface area (Å²) >= 11 is 0. The molecule has 0 unspecified atom stereocenters. The lowest BCUT2D eigenvalue weighted by Gasteiger charge is -2.28. The van der Waals surface area contributed by atoms with Gasteiger partial charge in [-0.1, -0.05) is 0 Å². The standard InChI is InChI=1S/C13H13F2NO3/c1-18-10-8(14)6-7(9(15)11(10)19-2)13(3-4-13)5-16-12(6)17/h3-5H2,1-2H3,(H,16,17). The third-order valence-corrected chi connectivity index (χ3v) is 3.90. The molecular formula is C13H13F2NO3. The van der Waals surface area contributed by atoms with Crippen molar-refractivity contribution in [1.82, 2.24) is 5.32 Å². The van der Waals surface area contributed by atoms with Crippen molar-refractivity contribution in [2.75, 3.05) is 20.8 Å². The highest BCUT2D eigenvalue weighted by Gasteiger charge is 2.53. The zero-order valence-electron chi connectivity index (χ0n) is 10.6. The SMILES string of the molecule is COc1c(F)c2c(c(F)c1OC)C1(CC1)CNC2=O. The van der Waals surface area contributed by atoms with Crippen LogP contribution in [0.5, 0.6) is 11.5 Å². The van der Waals surface area contributed by atoms with E-state index in [1.807, 2.05) is 0 Å². The summed E-state index contributed by atoms with van der Waals surface area (Å²) in [6.45, 7) is 0.338. The van der Waals surface area contributed by atoms with Gasteiger partial charge in [0.2, 0.25) is 5.75 Å². The molecule has 0 bridgehead atoms. The van der Waals surface area contributed by atoms with E-state index in [-0.39, 0.29) is 22.6 Å². The Bertz CT molecular complexity index is 582. The molecule has 3 rings (SSSR count). The van der Waals surface area contributed by atoms with E-state index in [2.05, 4.69) is 5.32 Å².